The molecule has 0 atom stereocenters. The smallest absolute Gasteiger partial charge is 0.211 e. The van der Waals surface area contributed by atoms with Gasteiger partial charge in [0, 0.05) is 32.8 Å². The summed E-state index contributed by atoms with van der Waals surface area (Å²) in [4.78, 5) is 2.05. The lowest BCUT2D eigenvalue weighted by atomic mass is 10.3. The number of nitrogens with one attached hydrogen (secondary N) is 2. The number of nitrogens with zero attached hydrogens (tertiary/aromatic N) is 1. The molecule has 0 spiro atoms. The fourth-order valence-electron chi connectivity index (χ4n) is 1.83. The first-order valence-corrected chi connectivity index (χ1v) is 9.07. The van der Waals surface area contributed by atoms with Crippen molar-refractivity contribution in [2.45, 2.75) is 31.7 Å². The minimum absolute atomic E-state index is 0.223. The average Bonchev–Trinajstić information content (AvgIpc) is 3.19. The molecule has 1 aliphatic carbocycles. The van der Waals surface area contributed by atoms with E-state index in [1.807, 2.05) is 11.9 Å². The quantitative estimate of drug-likeness (QED) is 0.469. The largest absolute Gasteiger partial charge is 0.383 e. The zero-order chi connectivity index (χ0) is 14.8. The van der Waals surface area contributed by atoms with Crippen molar-refractivity contribution in [3.63, 3.8) is 0 Å². The second-order valence-corrected chi connectivity index (χ2v) is 7.37. The summed E-state index contributed by atoms with van der Waals surface area (Å²) in [5.74, 6) is 0.223. The van der Waals surface area contributed by atoms with Gasteiger partial charge in [-0.1, -0.05) is 0 Å². The molecule has 20 heavy (non-hydrogen) atoms. The van der Waals surface area contributed by atoms with Crippen LogP contribution in [0.2, 0.25) is 0 Å². The van der Waals surface area contributed by atoms with E-state index in [2.05, 4.69) is 10.0 Å². The van der Waals surface area contributed by atoms with Gasteiger partial charge in [-0.25, -0.2) is 13.1 Å². The zero-order valence-corrected chi connectivity index (χ0v) is 13.5. The Balaban J connectivity index is 1.98. The van der Waals surface area contributed by atoms with E-state index in [1.165, 1.54) is 12.8 Å². The molecular weight excluding hydrogens is 278 g/mol. The standard InChI is InChI=1S/C13H29N3O3S/c1-16(10-11-19-2)9-8-15-20(17,18)12-4-3-7-14-13-5-6-13/h13-15H,3-12H2,1-2H3. The molecule has 1 saturated carbocycles. The molecule has 0 radical (unpaired) electrons. The molecule has 0 saturated heterocycles. The molecule has 1 rings (SSSR count). The summed E-state index contributed by atoms with van der Waals surface area (Å²) in [5.41, 5.74) is 0. The third-order valence-corrected chi connectivity index (χ3v) is 4.81. The van der Waals surface area contributed by atoms with E-state index >= 15 is 0 Å². The molecule has 1 aliphatic rings. The predicted octanol–water partition coefficient (Wildman–Crippen LogP) is 0.0162. The molecule has 0 aliphatic heterocycles. The van der Waals surface area contributed by atoms with Crippen LogP contribution in [0, 0.1) is 0 Å². The van der Waals surface area contributed by atoms with Crippen LogP contribution < -0.4 is 10.0 Å². The topological polar surface area (TPSA) is 70.7 Å². The first kappa shape index (κ1) is 17.8. The molecule has 6 nitrogen and oxygen atoms in total. The van der Waals surface area contributed by atoms with E-state index in [4.69, 9.17) is 4.74 Å². The molecule has 0 unspecified atom stereocenters. The molecule has 2 N–H and O–H groups in total. The van der Waals surface area contributed by atoms with Crippen LogP contribution in [0.3, 0.4) is 0 Å². The van der Waals surface area contributed by atoms with Crippen LogP contribution in [0.1, 0.15) is 25.7 Å². The number of unbranched alkanes of at least 4 members (excludes halogenated alkanes) is 1. The number of rotatable bonds is 13. The summed E-state index contributed by atoms with van der Waals surface area (Å²) in [5, 5.41) is 3.39. The SMILES string of the molecule is COCCN(C)CCNS(=O)(=O)CCCCNC1CC1. The Morgan fingerprint density at radius 3 is 2.60 bits per heavy atom. The van der Waals surface area contributed by atoms with Crippen molar-refractivity contribution in [3.05, 3.63) is 0 Å². The average molecular weight is 307 g/mol. The Kier molecular flexibility index (Phi) is 8.63. The molecule has 1 fully saturated rings. The monoisotopic (exact) mass is 307 g/mol. The van der Waals surface area contributed by atoms with E-state index in [-0.39, 0.29) is 5.75 Å². The van der Waals surface area contributed by atoms with Crippen molar-refractivity contribution in [2.75, 3.05) is 52.7 Å². The summed E-state index contributed by atoms with van der Waals surface area (Å²) in [6.07, 6.45) is 4.19. The Hall–Kier alpha value is -0.210. The zero-order valence-electron chi connectivity index (χ0n) is 12.7. The van der Waals surface area contributed by atoms with Crippen LogP contribution >= 0.6 is 0 Å². The molecular formula is C13H29N3O3S. The van der Waals surface area contributed by atoms with Crippen molar-refractivity contribution in [1.82, 2.24) is 14.9 Å². The van der Waals surface area contributed by atoms with Gasteiger partial charge >= 0.3 is 0 Å². The predicted molar refractivity (Wildman–Crippen MR) is 81.4 cm³/mol. The van der Waals surface area contributed by atoms with Crippen LogP contribution in [0.4, 0.5) is 0 Å². The number of hydrogen-bond acceptors (Lipinski definition) is 5. The molecule has 0 heterocycles. The van der Waals surface area contributed by atoms with Gasteiger partial charge in [-0.15, -0.1) is 0 Å². The lowest BCUT2D eigenvalue weighted by molar-refractivity contribution is 0.162. The molecule has 0 amide bonds. The first-order chi connectivity index (χ1) is 9.53. The van der Waals surface area contributed by atoms with E-state index in [0.29, 0.717) is 32.2 Å². The fraction of sp³-hybridized carbons (Fsp3) is 1.00. The van der Waals surface area contributed by atoms with Gasteiger partial charge < -0.3 is 15.0 Å². The maximum absolute atomic E-state index is 11.8. The molecule has 0 aromatic rings. The molecule has 0 bridgehead atoms. The third kappa shape index (κ3) is 9.66. The number of likely N-dealkylation sites (N-methyl/N-ethyl adjacent to an activating group) is 1. The van der Waals surface area contributed by atoms with Crippen molar-refractivity contribution in [2.24, 2.45) is 0 Å². The second-order valence-electron chi connectivity index (χ2n) is 5.44. The highest BCUT2D eigenvalue weighted by atomic mass is 32.2. The van der Waals surface area contributed by atoms with Gasteiger partial charge in [-0.05, 0) is 39.3 Å². The van der Waals surface area contributed by atoms with E-state index in [1.54, 1.807) is 7.11 Å². The van der Waals surface area contributed by atoms with Crippen molar-refractivity contribution >= 4 is 10.0 Å². The van der Waals surface area contributed by atoms with Gasteiger partial charge in [0.1, 0.15) is 0 Å². The van der Waals surface area contributed by atoms with Crippen molar-refractivity contribution in [3.8, 4) is 0 Å². The third-order valence-electron chi connectivity index (χ3n) is 3.34. The number of sulfonamides is 1. The van der Waals surface area contributed by atoms with Gasteiger partial charge in [-0.3, -0.25) is 0 Å². The summed E-state index contributed by atoms with van der Waals surface area (Å²) in [6, 6.07) is 0.701. The Morgan fingerprint density at radius 1 is 1.20 bits per heavy atom. The Labute approximate surface area is 123 Å². The van der Waals surface area contributed by atoms with Crippen LogP contribution in [0.5, 0.6) is 0 Å². The van der Waals surface area contributed by atoms with Gasteiger partial charge in [0.2, 0.25) is 10.0 Å². The van der Waals surface area contributed by atoms with Crippen molar-refractivity contribution < 1.29 is 13.2 Å². The van der Waals surface area contributed by atoms with Crippen LogP contribution in [0.25, 0.3) is 0 Å². The summed E-state index contributed by atoms with van der Waals surface area (Å²) in [6.45, 7) is 3.57. The van der Waals surface area contributed by atoms with E-state index in [0.717, 1.165) is 19.5 Å². The first-order valence-electron chi connectivity index (χ1n) is 7.42. The van der Waals surface area contributed by atoms with Gasteiger partial charge in [-0.2, -0.15) is 0 Å². The Morgan fingerprint density at radius 2 is 1.95 bits per heavy atom. The molecule has 0 aromatic heterocycles. The van der Waals surface area contributed by atoms with Crippen molar-refractivity contribution in [1.29, 1.82) is 0 Å². The van der Waals surface area contributed by atoms with E-state index in [9.17, 15) is 8.42 Å². The van der Waals surface area contributed by atoms with Crippen LogP contribution in [-0.2, 0) is 14.8 Å². The minimum atomic E-state index is -3.12. The highest BCUT2D eigenvalue weighted by molar-refractivity contribution is 7.89. The number of ether oxygens (including phenoxy) is 1. The molecule has 7 heteroatoms. The van der Waals surface area contributed by atoms with Gasteiger partial charge in [0.05, 0.1) is 12.4 Å². The summed E-state index contributed by atoms with van der Waals surface area (Å²) < 4.78 is 31.1. The normalized spacial score (nSPS) is 15.9. The number of methoxy groups -OCH3 is 1. The van der Waals surface area contributed by atoms with E-state index < -0.39 is 10.0 Å². The summed E-state index contributed by atoms with van der Waals surface area (Å²) in [7, 11) is 0.498. The highest BCUT2D eigenvalue weighted by Crippen LogP contribution is 2.18. The highest BCUT2D eigenvalue weighted by Gasteiger charge is 2.19. The Bertz CT molecular complexity index is 345. The second kappa shape index (κ2) is 9.68. The number of hydrogen-bond donors (Lipinski definition) is 2. The fourth-order valence-corrected chi connectivity index (χ4v) is 2.96. The van der Waals surface area contributed by atoms with Crippen LogP contribution in [0.15, 0.2) is 0 Å². The van der Waals surface area contributed by atoms with Crippen LogP contribution in [-0.4, -0.2) is 72.1 Å². The lowest BCUT2D eigenvalue weighted by Crippen LogP contribution is -2.35. The maximum Gasteiger partial charge on any atom is 0.211 e. The summed E-state index contributed by atoms with van der Waals surface area (Å²) >= 11 is 0. The van der Waals surface area contributed by atoms with Gasteiger partial charge in [0.15, 0.2) is 0 Å². The van der Waals surface area contributed by atoms with Gasteiger partial charge in [0.25, 0.3) is 0 Å². The minimum Gasteiger partial charge on any atom is -0.383 e. The maximum atomic E-state index is 11.8. The molecule has 120 valence electrons. The molecule has 0 aromatic carbocycles. The lowest BCUT2D eigenvalue weighted by Gasteiger charge is -2.16.